The molecule has 0 amide bonds. The van der Waals surface area contributed by atoms with Gasteiger partial charge in [0.05, 0.1) is 11.4 Å². The highest BCUT2D eigenvalue weighted by Gasteiger charge is 2.34. The monoisotopic (exact) mass is 324 g/mol. The van der Waals surface area contributed by atoms with Crippen LogP contribution < -0.4 is 0 Å². The van der Waals surface area contributed by atoms with Gasteiger partial charge in [-0.2, -0.15) is 5.10 Å². The van der Waals surface area contributed by atoms with Crippen molar-refractivity contribution < 1.29 is 0 Å². The summed E-state index contributed by atoms with van der Waals surface area (Å²) in [7, 11) is 0. The van der Waals surface area contributed by atoms with Gasteiger partial charge in [0.2, 0.25) is 0 Å². The van der Waals surface area contributed by atoms with E-state index < -0.39 is 0 Å². The van der Waals surface area contributed by atoms with Gasteiger partial charge in [-0.25, -0.2) is 4.68 Å². The molecule has 2 aromatic rings. The Hall–Kier alpha value is -1.65. The molecule has 24 heavy (non-hydrogen) atoms. The molecule has 0 spiro atoms. The zero-order chi connectivity index (χ0) is 16.7. The molecule has 0 aliphatic carbocycles. The van der Waals surface area contributed by atoms with Crippen molar-refractivity contribution in [3.63, 3.8) is 0 Å². The van der Waals surface area contributed by atoms with Crippen LogP contribution in [0.5, 0.6) is 0 Å². The largest absolute Gasteiger partial charge is 0.298 e. The topological polar surface area (TPSA) is 24.3 Å². The second-order valence-corrected chi connectivity index (χ2v) is 7.58. The zero-order valence-corrected chi connectivity index (χ0v) is 15.1. The van der Waals surface area contributed by atoms with E-state index in [0.717, 1.165) is 18.3 Å². The lowest BCUT2D eigenvalue weighted by Crippen LogP contribution is -2.54. The lowest BCUT2D eigenvalue weighted by Gasteiger charge is -2.42. The minimum absolute atomic E-state index is 0.636. The Labute approximate surface area is 145 Å². The summed E-state index contributed by atoms with van der Waals surface area (Å²) in [6, 6.07) is 12.4. The van der Waals surface area contributed by atoms with Gasteiger partial charge >= 0.3 is 0 Å². The normalized spacial score (nSPS) is 25.1. The van der Waals surface area contributed by atoms with Crippen molar-refractivity contribution in [2.24, 2.45) is 0 Å². The van der Waals surface area contributed by atoms with Gasteiger partial charge in [0.25, 0.3) is 0 Å². The third kappa shape index (κ3) is 3.01. The van der Waals surface area contributed by atoms with Crippen LogP contribution in [0.25, 0.3) is 5.69 Å². The van der Waals surface area contributed by atoms with Crippen molar-refractivity contribution in [2.45, 2.75) is 52.2 Å². The Morgan fingerprint density at radius 2 is 2.04 bits per heavy atom. The maximum Gasteiger partial charge on any atom is 0.0651 e. The van der Waals surface area contributed by atoms with Crippen LogP contribution in [0.1, 0.15) is 36.7 Å². The Bertz CT molecular complexity index is 720. The summed E-state index contributed by atoms with van der Waals surface area (Å²) in [5, 5.41) is 4.62. The Morgan fingerprint density at radius 1 is 1.17 bits per heavy atom. The van der Waals surface area contributed by atoms with E-state index in [2.05, 4.69) is 70.7 Å². The molecule has 1 aromatic heterocycles. The maximum atomic E-state index is 4.62. The first-order valence-electron chi connectivity index (χ1n) is 9.21. The molecule has 4 nitrogen and oxygen atoms in total. The van der Waals surface area contributed by atoms with Gasteiger partial charge in [-0.3, -0.25) is 9.80 Å². The van der Waals surface area contributed by atoms with Crippen LogP contribution in [0, 0.1) is 13.8 Å². The number of aromatic nitrogens is 2. The number of hydrogen-bond donors (Lipinski definition) is 0. The molecule has 2 saturated heterocycles. The van der Waals surface area contributed by atoms with Crippen LogP contribution in [-0.4, -0.2) is 51.3 Å². The van der Waals surface area contributed by atoms with Gasteiger partial charge in [-0.1, -0.05) is 12.1 Å². The molecule has 128 valence electrons. The Balaban J connectivity index is 1.52. The maximum absolute atomic E-state index is 4.62. The van der Waals surface area contributed by atoms with Crippen LogP contribution >= 0.6 is 0 Å². The highest BCUT2D eigenvalue weighted by Crippen LogP contribution is 2.26. The fourth-order valence-electron chi connectivity index (χ4n) is 4.38. The van der Waals surface area contributed by atoms with Crippen LogP contribution in [0.3, 0.4) is 0 Å². The Kier molecular flexibility index (Phi) is 4.19. The van der Waals surface area contributed by atoms with Gasteiger partial charge in [0.1, 0.15) is 0 Å². The Morgan fingerprint density at radius 3 is 2.83 bits per heavy atom. The number of piperazine rings is 1. The van der Waals surface area contributed by atoms with E-state index in [-0.39, 0.29) is 0 Å². The van der Waals surface area contributed by atoms with E-state index in [1.807, 2.05) is 0 Å². The van der Waals surface area contributed by atoms with Crippen LogP contribution in [0.15, 0.2) is 30.3 Å². The predicted octanol–water partition coefficient (Wildman–Crippen LogP) is 3.16. The van der Waals surface area contributed by atoms with Gasteiger partial charge in [-0.15, -0.1) is 0 Å². The second kappa shape index (κ2) is 6.34. The summed E-state index contributed by atoms with van der Waals surface area (Å²) in [6.45, 7) is 11.3. The summed E-state index contributed by atoms with van der Waals surface area (Å²) in [5.74, 6) is 0. The molecular formula is C20H28N4. The first kappa shape index (κ1) is 15.9. The van der Waals surface area contributed by atoms with Crippen LogP contribution in [0.2, 0.25) is 0 Å². The summed E-state index contributed by atoms with van der Waals surface area (Å²) in [4.78, 5) is 5.35. The summed E-state index contributed by atoms with van der Waals surface area (Å²) < 4.78 is 2.05. The molecule has 2 aliphatic rings. The quantitative estimate of drug-likeness (QED) is 0.867. The van der Waals surface area contributed by atoms with Gasteiger partial charge in [0, 0.05) is 37.4 Å². The number of rotatable bonds is 3. The number of aryl methyl sites for hydroxylation is 2. The summed E-state index contributed by atoms with van der Waals surface area (Å²) in [5.41, 5.74) is 4.82. The first-order chi connectivity index (χ1) is 11.6. The highest BCUT2D eigenvalue weighted by molar-refractivity contribution is 5.37. The summed E-state index contributed by atoms with van der Waals surface area (Å²) in [6.07, 6.45) is 2.74. The van der Waals surface area contributed by atoms with Crippen molar-refractivity contribution in [1.82, 2.24) is 19.6 Å². The van der Waals surface area contributed by atoms with Crippen molar-refractivity contribution >= 4 is 0 Å². The van der Waals surface area contributed by atoms with Crippen LogP contribution in [0.4, 0.5) is 0 Å². The minimum atomic E-state index is 0.636. The molecule has 4 heteroatoms. The molecule has 4 rings (SSSR count). The average Bonchev–Trinajstić information content (AvgIpc) is 3.13. The van der Waals surface area contributed by atoms with Crippen LogP contribution in [-0.2, 0) is 6.54 Å². The molecule has 2 fully saturated rings. The highest BCUT2D eigenvalue weighted by atomic mass is 15.3. The molecule has 3 heterocycles. The van der Waals surface area contributed by atoms with E-state index in [1.165, 1.54) is 49.4 Å². The SMILES string of the molecule is Cc1cc(C)n(-c2cccc(CN3CC4CCCN4C[C@@H]3C)c2)n1. The van der Waals surface area contributed by atoms with E-state index >= 15 is 0 Å². The molecule has 0 saturated carbocycles. The van der Waals surface area contributed by atoms with Gasteiger partial charge in [0.15, 0.2) is 0 Å². The lowest BCUT2D eigenvalue weighted by molar-refractivity contribution is 0.0540. The van der Waals surface area contributed by atoms with E-state index in [9.17, 15) is 0 Å². The molecule has 1 aromatic carbocycles. The number of hydrogen-bond acceptors (Lipinski definition) is 3. The van der Waals surface area contributed by atoms with Crippen molar-refractivity contribution in [3.8, 4) is 5.69 Å². The standard InChI is InChI=1S/C20H28N4/c1-15-10-16(2)24(21-15)19-7-4-6-18(11-19)13-23-14-20-8-5-9-22(20)12-17(23)3/h4,6-7,10-11,17,20H,5,8-9,12-14H2,1-3H3/t17-,20?/m0/s1. The van der Waals surface area contributed by atoms with Crippen molar-refractivity contribution in [1.29, 1.82) is 0 Å². The number of nitrogens with zero attached hydrogens (tertiary/aromatic N) is 4. The first-order valence-corrected chi connectivity index (χ1v) is 9.21. The summed E-state index contributed by atoms with van der Waals surface area (Å²) >= 11 is 0. The minimum Gasteiger partial charge on any atom is -0.298 e. The number of fused-ring (bicyclic) bond motifs is 1. The average molecular weight is 324 g/mol. The smallest absolute Gasteiger partial charge is 0.0651 e. The van der Waals surface area contributed by atoms with E-state index in [4.69, 9.17) is 0 Å². The predicted molar refractivity (Wildman–Crippen MR) is 97.5 cm³/mol. The van der Waals surface area contributed by atoms with Crippen molar-refractivity contribution in [3.05, 3.63) is 47.3 Å². The fraction of sp³-hybridized carbons (Fsp3) is 0.550. The molecule has 0 bridgehead atoms. The molecule has 0 radical (unpaired) electrons. The van der Waals surface area contributed by atoms with E-state index in [0.29, 0.717) is 6.04 Å². The second-order valence-electron chi connectivity index (χ2n) is 7.58. The molecule has 1 unspecified atom stereocenters. The lowest BCUT2D eigenvalue weighted by atomic mass is 10.1. The number of benzene rings is 1. The zero-order valence-electron chi connectivity index (χ0n) is 15.1. The van der Waals surface area contributed by atoms with Gasteiger partial charge in [-0.05, 0) is 63.9 Å². The van der Waals surface area contributed by atoms with E-state index in [1.54, 1.807) is 0 Å². The fourth-order valence-corrected chi connectivity index (χ4v) is 4.38. The third-order valence-electron chi connectivity index (χ3n) is 5.62. The third-order valence-corrected chi connectivity index (χ3v) is 5.62. The molecule has 0 N–H and O–H groups in total. The van der Waals surface area contributed by atoms with Gasteiger partial charge < -0.3 is 0 Å². The molecule has 2 aliphatic heterocycles. The molecule has 2 atom stereocenters. The molecular weight excluding hydrogens is 296 g/mol. The van der Waals surface area contributed by atoms with Crippen molar-refractivity contribution in [2.75, 3.05) is 19.6 Å².